The summed E-state index contributed by atoms with van der Waals surface area (Å²) in [5.74, 6) is 1.00. The molecule has 1 unspecified atom stereocenters. The van der Waals surface area contributed by atoms with Crippen LogP contribution in [0.3, 0.4) is 0 Å². The van der Waals surface area contributed by atoms with Gasteiger partial charge in [0.1, 0.15) is 6.33 Å². The Morgan fingerprint density at radius 1 is 1.19 bits per heavy atom. The zero-order chi connectivity index (χ0) is 19.2. The fraction of sp³-hybridized carbons (Fsp3) is 0.250. The molecule has 0 saturated heterocycles. The van der Waals surface area contributed by atoms with E-state index in [9.17, 15) is 0 Å². The zero-order valence-corrected chi connectivity index (χ0v) is 16.9. The summed E-state index contributed by atoms with van der Waals surface area (Å²) in [5, 5.41) is 11.7. The lowest BCUT2D eigenvalue weighted by atomic mass is 9.99. The van der Waals surface area contributed by atoms with Crippen LogP contribution in [0.4, 0.5) is 11.6 Å². The highest BCUT2D eigenvalue weighted by Gasteiger charge is 2.06. The topological polar surface area (TPSA) is 54.8 Å². The third-order valence-corrected chi connectivity index (χ3v) is 4.78. The van der Waals surface area contributed by atoms with E-state index in [0.717, 1.165) is 17.7 Å². The highest BCUT2D eigenvalue weighted by molar-refractivity contribution is 7.80. The van der Waals surface area contributed by atoms with Crippen LogP contribution in [0.25, 0.3) is 0 Å². The van der Waals surface area contributed by atoms with Crippen LogP contribution in [0.2, 0.25) is 5.02 Å². The predicted molar refractivity (Wildman–Crippen MR) is 116 cm³/mol. The fourth-order valence-corrected chi connectivity index (χ4v) is 3.07. The standard InChI is InChI=1S/C20H22ClN5S/c1-3-14(2)16-7-9-18(10-8-16)23-20(27)24-19-22-13-26(25-19)12-15-5-4-6-17(21)11-15/h4-11,13-14H,3,12H2,1-2H3,(H2,23,24,25,27). The van der Waals surface area contributed by atoms with Gasteiger partial charge in [0.05, 0.1) is 6.54 Å². The SMILES string of the molecule is CCC(C)c1ccc(NC(=S)Nc2ncn(Cc3cccc(Cl)c3)n2)cc1. The molecular weight excluding hydrogens is 378 g/mol. The average molecular weight is 400 g/mol. The van der Waals surface area contributed by atoms with Gasteiger partial charge in [-0.15, -0.1) is 5.10 Å². The minimum atomic E-state index is 0.450. The van der Waals surface area contributed by atoms with Crippen molar-refractivity contribution >= 4 is 40.6 Å². The monoisotopic (exact) mass is 399 g/mol. The lowest BCUT2D eigenvalue weighted by Gasteiger charge is -2.11. The van der Waals surface area contributed by atoms with Crippen molar-refractivity contribution in [2.45, 2.75) is 32.7 Å². The molecule has 27 heavy (non-hydrogen) atoms. The molecule has 5 nitrogen and oxygen atoms in total. The van der Waals surface area contributed by atoms with Crippen molar-refractivity contribution in [3.63, 3.8) is 0 Å². The van der Waals surface area contributed by atoms with E-state index in [0.29, 0.717) is 28.5 Å². The van der Waals surface area contributed by atoms with Crippen molar-refractivity contribution in [2.75, 3.05) is 10.6 Å². The second-order valence-electron chi connectivity index (χ2n) is 6.41. The van der Waals surface area contributed by atoms with Gasteiger partial charge in [-0.1, -0.05) is 49.7 Å². The van der Waals surface area contributed by atoms with Crippen LogP contribution in [0.1, 0.15) is 37.3 Å². The van der Waals surface area contributed by atoms with Crippen molar-refractivity contribution in [1.29, 1.82) is 0 Å². The number of halogens is 1. The summed E-state index contributed by atoms with van der Waals surface area (Å²) in [6.45, 7) is 5.00. The van der Waals surface area contributed by atoms with Gasteiger partial charge < -0.3 is 5.32 Å². The lowest BCUT2D eigenvalue weighted by Crippen LogP contribution is -2.20. The van der Waals surface area contributed by atoms with Crippen LogP contribution in [0.5, 0.6) is 0 Å². The normalized spacial score (nSPS) is 11.8. The summed E-state index contributed by atoms with van der Waals surface area (Å²) in [7, 11) is 0. The maximum absolute atomic E-state index is 6.01. The van der Waals surface area contributed by atoms with E-state index >= 15 is 0 Å². The number of hydrogen-bond acceptors (Lipinski definition) is 3. The number of hydrogen-bond donors (Lipinski definition) is 2. The Bertz CT molecular complexity index is 907. The first kappa shape index (κ1) is 19.3. The molecule has 7 heteroatoms. The summed E-state index contributed by atoms with van der Waals surface area (Å²) in [6.07, 6.45) is 2.78. The van der Waals surface area contributed by atoms with Gasteiger partial charge in [0.25, 0.3) is 0 Å². The van der Waals surface area contributed by atoms with Crippen molar-refractivity contribution in [1.82, 2.24) is 14.8 Å². The number of benzene rings is 2. The molecule has 0 fully saturated rings. The Labute approximate surface area is 169 Å². The Morgan fingerprint density at radius 2 is 1.96 bits per heavy atom. The molecule has 0 aliphatic carbocycles. The number of rotatable bonds is 6. The molecule has 1 heterocycles. The highest BCUT2D eigenvalue weighted by atomic mass is 35.5. The van der Waals surface area contributed by atoms with Gasteiger partial charge in [0, 0.05) is 10.7 Å². The molecule has 0 amide bonds. The number of thiocarbonyl (C=S) groups is 1. The summed E-state index contributed by atoms with van der Waals surface area (Å²) < 4.78 is 1.73. The minimum Gasteiger partial charge on any atom is -0.332 e. The molecule has 1 atom stereocenters. The van der Waals surface area contributed by atoms with Crippen LogP contribution in [0, 0.1) is 0 Å². The van der Waals surface area contributed by atoms with Crippen molar-refractivity contribution in [3.8, 4) is 0 Å². The van der Waals surface area contributed by atoms with Crippen LogP contribution in [-0.4, -0.2) is 19.9 Å². The van der Waals surface area contributed by atoms with Gasteiger partial charge in [0.15, 0.2) is 5.11 Å². The number of anilines is 2. The first-order chi connectivity index (χ1) is 13.0. The summed E-state index contributed by atoms with van der Waals surface area (Å²) in [5.41, 5.74) is 3.31. The second-order valence-corrected chi connectivity index (χ2v) is 7.25. The van der Waals surface area contributed by atoms with E-state index in [1.165, 1.54) is 5.56 Å². The smallest absolute Gasteiger partial charge is 0.248 e. The molecule has 0 spiro atoms. The molecule has 3 aromatic rings. The summed E-state index contributed by atoms with van der Waals surface area (Å²) >= 11 is 11.4. The van der Waals surface area contributed by atoms with E-state index < -0.39 is 0 Å². The van der Waals surface area contributed by atoms with E-state index in [1.54, 1.807) is 11.0 Å². The highest BCUT2D eigenvalue weighted by Crippen LogP contribution is 2.20. The molecule has 140 valence electrons. The van der Waals surface area contributed by atoms with Crippen molar-refractivity contribution in [2.24, 2.45) is 0 Å². The third-order valence-electron chi connectivity index (χ3n) is 4.35. The van der Waals surface area contributed by atoms with Gasteiger partial charge >= 0.3 is 0 Å². The molecule has 0 radical (unpaired) electrons. The molecule has 2 N–H and O–H groups in total. The maximum atomic E-state index is 6.01. The molecule has 2 aromatic carbocycles. The molecule has 0 aliphatic heterocycles. The van der Waals surface area contributed by atoms with E-state index in [4.69, 9.17) is 23.8 Å². The molecule has 1 aromatic heterocycles. The van der Waals surface area contributed by atoms with E-state index in [-0.39, 0.29) is 0 Å². The van der Waals surface area contributed by atoms with Crippen LogP contribution in [-0.2, 0) is 6.54 Å². The average Bonchev–Trinajstić information content (AvgIpc) is 3.08. The van der Waals surface area contributed by atoms with Gasteiger partial charge in [-0.05, 0) is 59.9 Å². The fourth-order valence-electron chi connectivity index (χ4n) is 2.65. The molecular formula is C20H22ClN5S. The van der Waals surface area contributed by atoms with Crippen LogP contribution in [0.15, 0.2) is 54.9 Å². The van der Waals surface area contributed by atoms with Gasteiger partial charge in [-0.25, -0.2) is 9.67 Å². The Balaban J connectivity index is 1.56. The number of nitrogens with one attached hydrogen (secondary N) is 2. The van der Waals surface area contributed by atoms with Gasteiger partial charge in [-0.3, -0.25) is 5.32 Å². The van der Waals surface area contributed by atoms with Gasteiger partial charge in [-0.2, -0.15) is 0 Å². The molecule has 0 aliphatic rings. The molecule has 3 rings (SSSR count). The minimum absolute atomic E-state index is 0.450. The molecule has 0 bridgehead atoms. The second kappa shape index (κ2) is 8.97. The first-order valence-electron chi connectivity index (χ1n) is 8.85. The van der Waals surface area contributed by atoms with Gasteiger partial charge in [0.2, 0.25) is 5.95 Å². The Morgan fingerprint density at radius 3 is 2.67 bits per heavy atom. The largest absolute Gasteiger partial charge is 0.332 e. The number of nitrogens with zero attached hydrogens (tertiary/aromatic N) is 3. The number of aromatic nitrogens is 3. The van der Waals surface area contributed by atoms with Crippen LogP contribution >= 0.6 is 23.8 Å². The quantitative estimate of drug-likeness (QED) is 0.550. The lowest BCUT2D eigenvalue weighted by molar-refractivity contribution is 0.687. The van der Waals surface area contributed by atoms with Crippen molar-refractivity contribution in [3.05, 3.63) is 71.0 Å². The van der Waals surface area contributed by atoms with E-state index in [1.807, 2.05) is 36.4 Å². The zero-order valence-electron chi connectivity index (χ0n) is 15.3. The first-order valence-corrected chi connectivity index (χ1v) is 9.64. The summed E-state index contributed by atoms with van der Waals surface area (Å²) in [6, 6.07) is 16.0. The van der Waals surface area contributed by atoms with E-state index in [2.05, 4.69) is 46.7 Å². The summed E-state index contributed by atoms with van der Waals surface area (Å²) in [4.78, 5) is 4.25. The Kier molecular flexibility index (Phi) is 6.42. The van der Waals surface area contributed by atoms with Crippen LogP contribution < -0.4 is 10.6 Å². The Hall–Kier alpha value is -2.44. The predicted octanol–water partition coefficient (Wildman–Crippen LogP) is 5.30. The third kappa shape index (κ3) is 5.52. The van der Waals surface area contributed by atoms with Crippen molar-refractivity contribution < 1.29 is 0 Å². The molecule has 0 saturated carbocycles. The maximum Gasteiger partial charge on any atom is 0.248 e.